The first-order valence-corrected chi connectivity index (χ1v) is 15.5. The Labute approximate surface area is 257 Å². The average molecular weight is 604 g/mol. The number of nitrogens with zero attached hydrogens (tertiary/aromatic N) is 4. The molecule has 0 saturated carbocycles. The second-order valence-corrected chi connectivity index (χ2v) is 12.8. The number of fused-ring (bicyclic) bond motifs is 1. The van der Waals surface area contributed by atoms with Gasteiger partial charge in [-0.1, -0.05) is 59.9 Å². The monoisotopic (exact) mass is 603 g/mol. The van der Waals surface area contributed by atoms with Gasteiger partial charge < -0.3 is 9.88 Å². The van der Waals surface area contributed by atoms with Gasteiger partial charge in [-0.25, -0.2) is 4.99 Å². The lowest BCUT2D eigenvalue weighted by atomic mass is 9.95. The molecular formula is C34H29N5O2S2. The van der Waals surface area contributed by atoms with Crippen LogP contribution in [-0.2, 0) is 4.79 Å². The Morgan fingerprint density at radius 3 is 2.35 bits per heavy atom. The quantitative estimate of drug-likeness (QED) is 0.274. The molecule has 0 fully saturated rings. The van der Waals surface area contributed by atoms with Gasteiger partial charge in [0.2, 0.25) is 0 Å². The number of anilines is 1. The third-order valence-corrected chi connectivity index (χ3v) is 10.0. The number of allylic oxidation sites excluding steroid dienone is 1. The minimum absolute atomic E-state index is 0.208. The predicted molar refractivity (Wildman–Crippen MR) is 173 cm³/mol. The number of aromatic nitrogens is 2. The maximum atomic E-state index is 14.1. The van der Waals surface area contributed by atoms with E-state index in [1.54, 1.807) is 15.9 Å². The van der Waals surface area contributed by atoms with Crippen molar-refractivity contribution < 1.29 is 4.79 Å². The molecule has 1 aliphatic rings. The maximum absolute atomic E-state index is 14.1. The Morgan fingerprint density at radius 1 is 1.00 bits per heavy atom. The van der Waals surface area contributed by atoms with Crippen molar-refractivity contribution in [2.45, 2.75) is 40.7 Å². The van der Waals surface area contributed by atoms with Gasteiger partial charge in [-0.05, 0) is 75.6 Å². The summed E-state index contributed by atoms with van der Waals surface area (Å²) in [6, 6.07) is 22.6. The van der Waals surface area contributed by atoms with E-state index in [0.717, 1.165) is 38.0 Å². The molecule has 6 rings (SSSR count). The molecule has 43 heavy (non-hydrogen) atoms. The summed E-state index contributed by atoms with van der Waals surface area (Å²) in [5.41, 5.74) is 6.77. The number of nitriles is 1. The average Bonchev–Trinajstić information content (AvgIpc) is 3.56. The Hall–Kier alpha value is -4.78. The molecule has 0 spiro atoms. The molecule has 1 atom stereocenters. The third-order valence-electron chi connectivity index (χ3n) is 7.85. The lowest BCUT2D eigenvalue weighted by Gasteiger charge is -2.25. The van der Waals surface area contributed by atoms with Crippen LogP contribution >= 0.6 is 22.7 Å². The molecule has 1 N–H and O–H groups in total. The van der Waals surface area contributed by atoms with E-state index < -0.39 is 6.04 Å². The topological polar surface area (TPSA) is 92.2 Å². The van der Waals surface area contributed by atoms with E-state index in [9.17, 15) is 14.9 Å². The molecule has 9 heteroatoms. The van der Waals surface area contributed by atoms with E-state index in [2.05, 4.69) is 16.0 Å². The zero-order valence-corrected chi connectivity index (χ0v) is 26.1. The van der Waals surface area contributed by atoms with Crippen LogP contribution in [0.5, 0.6) is 0 Å². The molecule has 1 aliphatic heterocycles. The second kappa shape index (κ2) is 11.1. The van der Waals surface area contributed by atoms with Gasteiger partial charge >= 0.3 is 0 Å². The summed E-state index contributed by atoms with van der Waals surface area (Å²) in [7, 11) is 0. The number of rotatable bonds is 5. The van der Waals surface area contributed by atoms with Crippen molar-refractivity contribution in [2.75, 3.05) is 5.32 Å². The molecule has 7 nitrogen and oxygen atoms in total. The van der Waals surface area contributed by atoms with Crippen LogP contribution in [0.25, 0.3) is 11.1 Å². The summed E-state index contributed by atoms with van der Waals surface area (Å²) in [5, 5.41) is 13.7. The standard InChI is InChI=1S/C34H29N5O2S2/c1-19-16-25(22(4)38(19)33-27(18-35)20(2)23(5)42-33)17-28-32(41)39-30(24-12-8-6-9-13-24)29(21(3)36-34(39)43-28)31(40)37-26-14-10-7-11-15-26/h6-17,30H,1-5H3,(H,37,40)/b28-17+/t30-/m0/s1. The van der Waals surface area contributed by atoms with E-state index in [1.807, 2.05) is 107 Å². The highest BCUT2D eigenvalue weighted by Crippen LogP contribution is 2.34. The molecule has 0 unspecified atom stereocenters. The summed E-state index contributed by atoms with van der Waals surface area (Å²) in [5.74, 6) is -0.297. The van der Waals surface area contributed by atoms with Gasteiger partial charge in [-0.15, -0.1) is 11.3 Å². The fourth-order valence-electron chi connectivity index (χ4n) is 5.57. The number of hydrogen-bond donors (Lipinski definition) is 1. The van der Waals surface area contributed by atoms with Gasteiger partial charge in [0.15, 0.2) is 4.80 Å². The first-order valence-electron chi connectivity index (χ1n) is 13.8. The number of para-hydroxylation sites is 1. The Balaban J connectivity index is 1.49. The number of carbonyl (C=O) groups excluding carboxylic acids is 1. The molecular weight excluding hydrogens is 575 g/mol. The van der Waals surface area contributed by atoms with Gasteiger partial charge in [0.1, 0.15) is 11.1 Å². The predicted octanol–water partition coefficient (Wildman–Crippen LogP) is 5.83. The van der Waals surface area contributed by atoms with Crippen molar-refractivity contribution in [1.82, 2.24) is 9.13 Å². The molecule has 4 heterocycles. The number of carbonyl (C=O) groups is 1. The highest BCUT2D eigenvalue weighted by Gasteiger charge is 2.32. The number of amides is 1. The van der Waals surface area contributed by atoms with Crippen LogP contribution in [0.2, 0.25) is 0 Å². The molecule has 1 amide bonds. The van der Waals surface area contributed by atoms with Crippen LogP contribution in [0.3, 0.4) is 0 Å². The van der Waals surface area contributed by atoms with Gasteiger partial charge in [-0.2, -0.15) is 5.26 Å². The minimum atomic E-state index is -0.633. The SMILES string of the molecule is CC1=C(C(=O)Nc2ccccc2)[C@H](c2ccccc2)n2c(s/c(=C/c3cc(C)n(-c4sc(C)c(C)c4C#N)c3C)c2=O)=N1. The number of thiophene rings is 1. The van der Waals surface area contributed by atoms with Crippen LogP contribution in [0.15, 0.2) is 87.8 Å². The van der Waals surface area contributed by atoms with Crippen molar-refractivity contribution in [3.8, 4) is 11.1 Å². The van der Waals surface area contributed by atoms with Crippen LogP contribution in [0, 0.1) is 39.0 Å². The highest BCUT2D eigenvalue weighted by atomic mass is 32.1. The summed E-state index contributed by atoms with van der Waals surface area (Å²) in [4.78, 5) is 34.3. The number of hydrogen-bond acceptors (Lipinski definition) is 6. The smallest absolute Gasteiger partial charge is 0.271 e. The number of nitrogens with one attached hydrogen (secondary N) is 1. The van der Waals surface area contributed by atoms with E-state index in [1.165, 1.54) is 11.3 Å². The normalized spacial score (nSPS) is 14.8. The minimum Gasteiger partial charge on any atom is -0.322 e. The van der Waals surface area contributed by atoms with Crippen LogP contribution in [0.4, 0.5) is 5.69 Å². The largest absolute Gasteiger partial charge is 0.322 e. The van der Waals surface area contributed by atoms with Crippen molar-refractivity contribution in [3.63, 3.8) is 0 Å². The lowest BCUT2D eigenvalue weighted by molar-refractivity contribution is -0.113. The van der Waals surface area contributed by atoms with Gasteiger partial charge in [-0.3, -0.25) is 14.2 Å². The van der Waals surface area contributed by atoms with Crippen molar-refractivity contribution in [2.24, 2.45) is 4.99 Å². The molecule has 5 aromatic rings. The van der Waals surface area contributed by atoms with Crippen molar-refractivity contribution in [1.29, 1.82) is 5.26 Å². The Bertz CT molecular complexity index is 2160. The fourth-order valence-corrected chi connectivity index (χ4v) is 7.82. The number of thiazole rings is 1. The molecule has 3 aromatic heterocycles. The van der Waals surface area contributed by atoms with E-state index in [-0.39, 0.29) is 11.5 Å². The van der Waals surface area contributed by atoms with Gasteiger partial charge in [0, 0.05) is 22.0 Å². The van der Waals surface area contributed by atoms with E-state index >= 15 is 0 Å². The summed E-state index contributed by atoms with van der Waals surface area (Å²) < 4.78 is 4.25. The first kappa shape index (κ1) is 28.3. The maximum Gasteiger partial charge on any atom is 0.271 e. The first-order chi connectivity index (χ1) is 20.7. The van der Waals surface area contributed by atoms with Crippen LogP contribution < -0.4 is 20.2 Å². The molecule has 0 radical (unpaired) electrons. The van der Waals surface area contributed by atoms with Crippen LogP contribution in [0.1, 0.15) is 51.5 Å². The molecule has 0 bridgehead atoms. The number of benzene rings is 2. The Kier molecular flexibility index (Phi) is 7.34. The Morgan fingerprint density at radius 2 is 1.67 bits per heavy atom. The summed E-state index contributed by atoms with van der Waals surface area (Å²) >= 11 is 2.91. The fraction of sp³-hybridized carbons (Fsp3) is 0.176. The highest BCUT2D eigenvalue weighted by molar-refractivity contribution is 7.15. The van der Waals surface area contributed by atoms with Gasteiger partial charge in [0.25, 0.3) is 11.5 Å². The molecule has 2 aromatic carbocycles. The second-order valence-electron chi connectivity index (χ2n) is 10.5. The molecule has 0 saturated heterocycles. The summed E-state index contributed by atoms with van der Waals surface area (Å²) in [6.45, 7) is 9.83. The van der Waals surface area contributed by atoms with Crippen molar-refractivity contribution in [3.05, 3.63) is 136 Å². The zero-order chi connectivity index (χ0) is 30.4. The zero-order valence-electron chi connectivity index (χ0n) is 24.4. The third kappa shape index (κ3) is 4.88. The van der Waals surface area contributed by atoms with Gasteiger partial charge in [0.05, 0.1) is 27.4 Å². The van der Waals surface area contributed by atoms with Crippen LogP contribution in [-0.4, -0.2) is 15.0 Å². The molecule has 214 valence electrons. The van der Waals surface area contributed by atoms with Crippen molar-refractivity contribution >= 4 is 40.3 Å². The number of aryl methyl sites for hydroxylation is 2. The molecule has 0 aliphatic carbocycles. The van der Waals surface area contributed by atoms with E-state index in [4.69, 9.17) is 4.99 Å². The summed E-state index contributed by atoms with van der Waals surface area (Å²) in [6.07, 6.45) is 1.90. The van der Waals surface area contributed by atoms with E-state index in [0.29, 0.717) is 31.9 Å². The lowest BCUT2D eigenvalue weighted by Crippen LogP contribution is -2.40.